The summed E-state index contributed by atoms with van der Waals surface area (Å²) in [7, 11) is 1.27. The molecule has 370 valence electrons. The van der Waals surface area contributed by atoms with E-state index in [1.54, 1.807) is 0 Å². The molecule has 4 aliphatic rings. The standard InChI is InChI=1S/C41H74O22/c1-5-6-10-14-22(15-12-9-7-8-11-13-21(43)16-25(44)55-4)59-40-36(33(52)29(48)24(61-40)18-56-38-34(53)30(49)26(45)19(2)57-38)63-41-37(32(51)28(47)23(17-42)60-41)62-39-35(54)31(50)27(46)20(3)58-39/h19-24,26-43,45-54H,5-18H2,1-4H3/t19?,20?,21-,22-,23?,24?,26?,27?,28?,29?,30?,31?,32?,33?,34?,35?,36?,37?,38?,39?,40?,41?/m0/s1. The van der Waals surface area contributed by atoms with Gasteiger partial charge in [0.2, 0.25) is 0 Å². The van der Waals surface area contributed by atoms with E-state index in [9.17, 15) is 66.1 Å². The number of carbonyl (C=O) groups is 1. The van der Waals surface area contributed by atoms with Crippen LogP contribution in [-0.4, -0.2) is 223 Å². The molecule has 4 heterocycles. The minimum Gasteiger partial charge on any atom is -0.469 e. The van der Waals surface area contributed by atoms with E-state index in [4.69, 9.17) is 37.9 Å². The molecule has 0 spiro atoms. The van der Waals surface area contributed by atoms with Gasteiger partial charge in [-0.25, -0.2) is 0 Å². The molecule has 0 saturated carbocycles. The van der Waals surface area contributed by atoms with E-state index in [-0.39, 0.29) is 6.42 Å². The van der Waals surface area contributed by atoms with Gasteiger partial charge in [-0.05, 0) is 33.1 Å². The molecular weight excluding hydrogens is 844 g/mol. The summed E-state index contributed by atoms with van der Waals surface area (Å²) >= 11 is 0. The molecule has 0 aromatic carbocycles. The van der Waals surface area contributed by atoms with E-state index >= 15 is 0 Å². The SMILES string of the molecule is CCCCC[C@@H](CCCCCCC[C@H](O)CC(=O)OC)OC1OC(COC2OC(C)C(O)C(O)C2O)C(O)C(O)C1OC1OC(CO)C(O)C(O)C1OC1OC(C)C(O)C(O)C1O. The average molecular weight is 919 g/mol. The minimum atomic E-state index is -1.89. The van der Waals surface area contributed by atoms with Crippen molar-refractivity contribution in [3.63, 3.8) is 0 Å². The van der Waals surface area contributed by atoms with Gasteiger partial charge in [-0.2, -0.15) is 0 Å². The molecule has 4 saturated heterocycles. The van der Waals surface area contributed by atoms with E-state index in [1.807, 2.05) is 6.92 Å². The van der Waals surface area contributed by atoms with Crippen LogP contribution >= 0.6 is 0 Å². The maximum Gasteiger partial charge on any atom is 0.308 e. The fourth-order valence-corrected chi connectivity index (χ4v) is 8.14. The van der Waals surface area contributed by atoms with Crippen molar-refractivity contribution in [2.24, 2.45) is 0 Å². The van der Waals surface area contributed by atoms with Crippen molar-refractivity contribution in [1.82, 2.24) is 0 Å². The van der Waals surface area contributed by atoms with Gasteiger partial charge in [0.1, 0.15) is 85.5 Å². The molecule has 4 rings (SSSR count). The molecule has 22 atom stereocenters. The van der Waals surface area contributed by atoms with Crippen LogP contribution in [0, 0.1) is 0 Å². The van der Waals surface area contributed by atoms with Crippen LogP contribution in [-0.2, 0) is 47.4 Å². The van der Waals surface area contributed by atoms with Crippen LogP contribution < -0.4 is 0 Å². The van der Waals surface area contributed by atoms with Gasteiger partial charge < -0.3 is 104 Å². The maximum absolute atomic E-state index is 11.8. The van der Waals surface area contributed by atoms with Gasteiger partial charge in [-0.3, -0.25) is 4.79 Å². The molecular formula is C41H74O22. The first kappa shape index (κ1) is 54.3. The van der Waals surface area contributed by atoms with Gasteiger partial charge in [0.05, 0.1) is 51.2 Å². The number of aliphatic hydroxyl groups is 12. The van der Waals surface area contributed by atoms with Gasteiger partial charge >= 0.3 is 5.97 Å². The average Bonchev–Trinajstić information content (AvgIpc) is 3.26. The lowest BCUT2D eigenvalue weighted by atomic mass is 9.96. The van der Waals surface area contributed by atoms with E-state index in [0.29, 0.717) is 32.1 Å². The van der Waals surface area contributed by atoms with Crippen LogP contribution in [0.3, 0.4) is 0 Å². The first-order valence-electron chi connectivity index (χ1n) is 22.3. The minimum absolute atomic E-state index is 0.0692. The highest BCUT2D eigenvalue weighted by molar-refractivity contribution is 5.69. The number of hydrogen-bond donors (Lipinski definition) is 12. The van der Waals surface area contributed by atoms with Crippen molar-refractivity contribution in [2.75, 3.05) is 20.3 Å². The molecule has 4 aliphatic heterocycles. The smallest absolute Gasteiger partial charge is 0.308 e. The molecule has 0 radical (unpaired) electrons. The molecule has 12 N–H and O–H groups in total. The summed E-state index contributed by atoms with van der Waals surface area (Å²) < 4.78 is 52.2. The second kappa shape index (κ2) is 26.3. The van der Waals surface area contributed by atoms with Crippen LogP contribution in [0.4, 0.5) is 0 Å². The van der Waals surface area contributed by atoms with Gasteiger partial charge in [0.25, 0.3) is 0 Å². The summed E-state index contributed by atoms with van der Waals surface area (Å²) in [5.74, 6) is -0.477. The fraction of sp³-hybridized carbons (Fsp3) is 0.976. The van der Waals surface area contributed by atoms with E-state index in [2.05, 4.69) is 4.74 Å². The van der Waals surface area contributed by atoms with Crippen molar-refractivity contribution in [2.45, 2.75) is 233 Å². The first-order chi connectivity index (χ1) is 29.9. The third-order valence-corrected chi connectivity index (χ3v) is 12.2. The molecule has 63 heavy (non-hydrogen) atoms. The Morgan fingerprint density at radius 3 is 1.63 bits per heavy atom. The first-order valence-corrected chi connectivity index (χ1v) is 22.3. The summed E-state index contributed by atoms with van der Waals surface area (Å²) in [6, 6.07) is 0. The predicted octanol–water partition coefficient (Wildman–Crippen LogP) is -3.07. The quantitative estimate of drug-likeness (QED) is 0.0338. The van der Waals surface area contributed by atoms with Crippen molar-refractivity contribution in [1.29, 1.82) is 0 Å². The second-order valence-electron chi connectivity index (χ2n) is 17.2. The third kappa shape index (κ3) is 14.8. The number of esters is 1. The number of ether oxygens (including phenoxy) is 9. The molecule has 0 aromatic rings. The molecule has 0 amide bonds. The second-order valence-corrected chi connectivity index (χ2v) is 17.2. The summed E-state index contributed by atoms with van der Waals surface area (Å²) in [5.41, 5.74) is 0. The van der Waals surface area contributed by atoms with Crippen LogP contribution in [0.25, 0.3) is 0 Å². The Bertz CT molecular complexity index is 1300. The lowest BCUT2D eigenvalue weighted by Crippen LogP contribution is -2.67. The van der Waals surface area contributed by atoms with Crippen molar-refractivity contribution in [3.8, 4) is 0 Å². The Morgan fingerprint density at radius 2 is 1.05 bits per heavy atom. The van der Waals surface area contributed by atoms with Gasteiger partial charge in [-0.15, -0.1) is 0 Å². The Morgan fingerprint density at radius 1 is 0.556 bits per heavy atom. The highest BCUT2D eigenvalue weighted by atomic mass is 16.8. The maximum atomic E-state index is 11.8. The lowest BCUT2D eigenvalue weighted by Gasteiger charge is -2.49. The summed E-state index contributed by atoms with van der Waals surface area (Å²) in [5, 5.41) is 128. The monoisotopic (exact) mass is 918 g/mol. The normalized spacial score (nSPS) is 42.2. The predicted molar refractivity (Wildman–Crippen MR) is 213 cm³/mol. The van der Waals surface area contributed by atoms with Gasteiger partial charge in [0, 0.05) is 0 Å². The highest BCUT2D eigenvalue weighted by Gasteiger charge is 2.54. The molecule has 4 fully saturated rings. The number of unbranched alkanes of at least 4 members (excludes halogenated alkanes) is 6. The van der Waals surface area contributed by atoms with Crippen molar-refractivity contribution >= 4 is 5.97 Å². The summed E-state index contributed by atoms with van der Waals surface area (Å²) in [4.78, 5) is 11.4. The highest BCUT2D eigenvalue weighted by Crippen LogP contribution is 2.35. The third-order valence-electron chi connectivity index (χ3n) is 12.2. The van der Waals surface area contributed by atoms with Crippen LogP contribution in [0.15, 0.2) is 0 Å². The number of hydrogen-bond acceptors (Lipinski definition) is 22. The fourth-order valence-electron chi connectivity index (χ4n) is 8.14. The van der Waals surface area contributed by atoms with E-state index < -0.39 is 154 Å². The molecule has 22 nitrogen and oxygen atoms in total. The van der Waals surface area contributed by atoms with Crippen molar-refractivity contribution in [3.05, 3.63) is 0 Å². The number of methoxy groups -OCH3 is 1. The molecule has 22 heteroatoms. The Balaban J connectivity index is 1.55. The molecule has 0 bridgehead atoms. The number of aliphatic hydroxyl groups excluding tert-OH is 12. The lowest BCUT2D eigenvalue weighted by molar-refractivity contribution is -0.396. The molecule has 0 aliphatic carbocycles. The summed E-state index contributed by atoms with van der Waals surface area (Å²) in [6.45, 7) is 3.57. The summed E-state index contributed by atoms with van der Waals surface area (Å²) in [6.07, 6.45) is -25.3. The zero-order chi connectivity index (χ0) is 46.5. The van der Waals surface area contributed by atoms with Crippen LogP contribution in [0.5, 0.6) is 0 Å². The Hall–Kier alpha value is -1.33. The zero-order valence-corrected chi connectivity index (χ0v) is 36.6. The van der Waals surface area contributed by atoms with Gasteiger partial charge in [0.15, 0.2) is 25.2 Å². The van der Waals surface area contributed by atoms with Crippen LogP contribution in [0.1, 0.15) is 97.8 Å². The van der Waals surface area contributed by atoms with Gasteiger partial charge in [-0.1, -0.05) is 58.3 Å². The van der Waals surface area contributed by atoms with Crippen molar-refractivity contribution < 1.29 is 109 Å². The largest absolute Gasteiger partial charge is 0.469 e. The Kier molecular flexibility index (Phi) is 22.6. The Labute approximate surface area is 367 Å². The molecule has 20 unspecified atom stereocenters. The molecule has 0 aromatic heterocycles. The zero-order valence-electron chi connectivity index (χ0n) is 36.6. The number of carbonyl (C=O) groups excluding carboxylic acids is 1. The van der Waals surface area contributed by atoms with E-state index in [1.165, 1.54) is 21.0 Å². The van der Waals surface area contributed by atoms with E-state index in [0.717, 1.165) is 38.5 Å². The topological polar surface area (TPSA) is 343 Å². The number of rotatable bonds is 24. The van der Waals surface area contributed by atoms with Crippen LogP contribution in [0.2, 0.25) is 0 Å².